The number of hydrogen-bond donors (Lipinski definition) is 2. The number of hydrogen-bond acceptors (Lipinski definition) is 3. The predicted molar refractivity (Wildman–Crippen MR) is 77.1 cm³/mol. The average Bonchev–Trinajstić information content (AvgIpc) is 2.36. The van der Waals surface area contributed by atoms with E-state index in [0.29, 0.717) is 5.56 Å². The average molecular weight is 300 g/mol. The highest BCUT2D eigenvalue weighted by Gasteiger charge is 2.27. The molecule has 0 aliphatic heterocycles. The van der Waals surface area contributed by atoms with Gasteiger partial charge in [-0.05, 0) is 18.4 Å². The van der Waals surface area contributed by atoms with Gasteiger partial charge in [0.25, 0.3) is 0 Å². The van der Waals surface area contributed by atoms with Gasteiger partial charge in [0.05, 0.1) is 6.04 Å². The van der Waals surface area contributed by atoms with Crippen LogP contribution in [0.25, 0.3) is 0 Å². The number of ether oxygens (including phenoxy) is 1. The molecule has 0 aromatic heterocycles. The van der Waals surface area contributed by atoms with Crippen molar-refractivity contribution < 1.29 is 18.3 Å². The van der Waals surface area contributed by atoms with Gasteiger partial charge in [0, 0.05) is 12.1 Å². The van der Waals surface area contributed by atoms with Gasteiger partial charge in [-0.1, -0.05) is 38.5 Å². The third kappa shape index (κ3) is 5.30. The Bertz CT molecular complexity index is 499. The Morgan fingerprint density at radius 2 is 2.00 bits per heavy atom. The van der Waals surface area contributed by atoms with Gasteiger partial charge in [0.15, 0.2) is 0 Å². The van der Waals surface area contributed by atoms with Gasteiger partial charge in [0.1, 0.15) is 5.75 Å². The molecule has 0 unspecified atom stereocenters. The van der Waals surface area contributed by atoms with E-state index in [1.165, 1.54) is 6.07 Å². The number of amides is 1. The van der Waals surface area contributed by atoms with Gasteiger partial charge in [-0.25, -0.2) is 0 Å². The van der Waals surface area contributed by atoms with Crippen molar-refractivity contribution in [3.05, 3.63) is 29.3 Å². The quantitative estimate of drug-likeness (QED) is 0.878. The molecule has 1 aromatic rings. The Kier molecular flexibility index (Phi) is 5.66. The molecule has 0 saturated carbocycles. The van der Waals surface area contributed by atoms with Crippen LogP contribution in [0.5, 0.6) is 5.75 Å². The maximum Gasteiger partial charge on any atom is 0.387 e. The summed E-state index contributed by atoms with van der Waals surface area (Å²) in [6.45, 7) is 4.59. The van der Waals surface area contributed by atoms with Gasteiger partial charge in [-0.15, -0.1) is 0 Å². The summed E-state index contributed by atoms with van der Waals surface area (Å²) < 4.78 is 29.2. The third-order valence-corrected chi connectivity index (χ3v) is 3.10. The summed E-state index contributed by atoms with van der Waals surface area (Å²) in [7, 11) is 0. The first-order valence-electron chi connectivity index (χ1n) is 6.69. The number of carbonyl (C=O) groups is 1. The zero-order valence-electron chi connectivity index (χ0n) is 12.7. The first-order chi connectivity index (χ1) is 9.61. The summed E-state index contributed by atoms with van der Waals surface area (Å²) in [5, 5.41) is 2.66. The summed E-state index contributed by atoms with van der Waals surface area (Å²) in [5.41, 5.74) is 6.85. The topological polar surface area (TPSA) is 64.3 Å². The molecule has 6 heteroatoms. The number of aryl methyl sites for hydroxylation is 1. The molecule has 118 valence electrons. The zero-order valence-corrected chi connectivity index (χ0v) is 12.7. The molecule has 21 heavy (non-hydrogen) atoms. The largest absolute Gasteiger partial charge is 0.434 e. The molecule has 0 heterocycles. The van der Waals surface area contributed by atoms with E-state index in [2.05, 4.69) is 10.1 Å². The molecule has 4 nitrogen and oxygen atoms in total. The van der Waals surface area contributed by atoms with Crippen LogP contribution in [-0.4, -0.2) is 18.6 Å². The van der Waals surface area contributed by atoms with E-state index in [-0.39, 0.29) is 23.6 Å². The molecule has 0 radical (unpaired) electrons. The molecule has 0 aliphatic carbocycles. The highest BCUT2D eigenvalue weighted by molar-refractivity contribution is 5.82. The van der Waals surface area contributed by atoms with Crippen molar-refractivity contribution >= 4 is 5.91 Å². The van der Waals surface area contributed by atoms with E-state index in [0.717, 1.165) is 5.56 Å². The van der Waals surface area contributed by atoms with Crippen molar-refractivity contribution in [2.45, 2.75) is 46.9 Å². The fraction of sp³-hybridized carbons (Fsp3) is 0.533. The van der Waals surface area contributed by atoms with Crippen molar-refractivity contribution in [2.75, 3.05) is 0 Å². The first-order valence-corrected chi connectivity index (χ1v) is 6.69. The molecule has 0 aliphatic rings. The van der Waals surface area contributed by atoms with Gasteiger partial charge >= 0.3 is 6.61 Å². The van der Waals surface area contributed by atoms with Crippen molar-refractivity contribution in [2.24, 2.45) is 11.1 Å². The number of nitrogens with two attached hydrogens (primary N) is 1. The van der Waals surface area contributed by atoms with Crippen molar-refractivity contribution in [3.8, 4) is 5.75 Å². The Labute approximate surface area is 123 Å². The number of nitrogens with one attached hydrogen (secondary N) is 1. The minimum absolute atomic E-state index is 0.0558. The molecular weight excluding hydrogens is 278 g/mol. The van der Waals surface area contributed by atoms with Crippen LogP contribution >= 0.6 is 0 Å². The van der Waals surface area contributed by atoms with Crippen molar-refractivity contribution in [3.63, 3.8) is 0 Å². The Balaban J connectivity index is 2.79. The van der Waals surface area contributed by atoms with Crippen LogP contribution in [-0.2, 0) is 11.3 Å². The molecule has 0 spiro atoms. The molecule has 1 atom stereocenters. The van der Waals surface area contributed by atoms with E-state index in [9.17, 15) is 13.6 Å². The molecule has 0 saturated heterocycles. The van der Waals surface area contributed by atoms with Crippen LogP contribution < -0.4 is 15.8 Å². The number of carbonyl (C=O) groups excluding carboxylic acids is 1. The maximum atomic E-state index is 12.4. The Hall–Kier alpha value is -1.69. The number of halogens is 2. The summed E-state index contributed by atoms with van der Waals surface area (Å²) in [4.78, 5) is 12.0. The molecular formula is C15H22F2N2O2. The Morgan fingerprint density at radius 1 is 1.38 bits per heavy atom. The second kappa shape index (κ2) is 6.85. The first kappa shape index (κ1) is 17.4. The van der Waals surface area contributed by atoms with Crippen LogP contribution in [0.1, 0.15) is 31.9 Å². The van der Waals surface area contributed by atoms with E-state index in [4.69, 9.17) is 5.73 Å². The minimum atomic E-state index is -2.90. The van der Waals surface area contributed by atoms with Crippen molar-refractivity contribution in [1.29, 1.82) is 0 Å². The van der Waals surface area contributed by atoms with Crippen molar-refractivity contribution in [1.82, 2.24) is 5.32 Å². The van der Waals surface area contributed by atoms with E-state index >= 15 is 0 Å². The van der Waals surface area contributed by atoms with Crippen LogP contribution in [0, 0.1) is 12.3 Å². The zero-order chi connectivity index (χ0) is 16.2. The van der Waals surface area contributed by atoms with Gasteiger partial charge in [-0.2, -0.15) is 8.78 Å². The fourth-order valence-electron chi connectivity index (χ4n) is 1.74. The normalized spacial score (nSPS) is 13.1. The van der Waals surface area contributed by atoms with Crippen LogP contribution in [0.2, 0.25) is 0 Å². The highest BCUT2D eigenvalue weighted by Crippen LogP contribution is 2.22. The van der Waals surface area contributed by atoms with Gasteiger partial charge < -0.3 is 15.8 Å². The predicted octanol–water partition coefficient (Wildman–Crippen LogP) is 2.59. The van der Waals surface area contributed by atoms with Gasteiger partial charge in [0.2, 0.25) is 5.91 Å². The lowest BCUT2D eigenvalue weighted by molar-refractivity contribution is -0.124. The smallest absolute Gasteiger partial charge is 0.387 e. The summed E-state index contributed by atoms with van der Waals surface area (Å²) in [5.74, 6) is -0.271. The molecule has 0 bridgehead atoms. The monoisotopic (exact) mass is 300 g/mol. The van der Waals surface area contributed by atoms with E-state index in [1.807, 2.05) is 27.7 Å². The lowest BCUT2D eigenvalue weighted by atomic mass is 9.87. The fourth-order valence-corrected chi connectivity index (χ4v) is 1.74. The van der Waals surface area contributed by atoms with E-state index < -0.39 is 12.7 Å². The van der Waals surface area contributed by atoms with Crippen LogP contribution in [0.15, 0.2) is 18.2 Å². The molecule has 1 rings (SSSR count). The van der Waals surface area contributed by atoms with Crippen LogP contribution in [0.4, 0.5) is 8.78 Å². The molecule has 0 fully saturated rings. The number of rotatable bonds is 5. The summed E-state index contributed by atoms with van der Waals surface area (Å²) >= 11 is 0. The maximum absolute atomic E-state index is 12.4. The number of benzene rings is 1. The summed E-state index contributed by atoms with van der Waals surface area (Å²) in [6, 6.07) is 4.15. The van der Waals surface area contributed by atoms with Crippen LogP contribution in [0.3, 0.4) is 0 Å². The lowest BCUT2D eigenvalue weighted by Gasteiger charge is -2.26. The number of alkyl halides is 2. The highest BCUT2D eigenvalue weighted by atomic mass is 19.3. The second-order valence-electron chi connectivity index (χ2n) is 6.05. The lowest BCUT2D eigenvalue weighted by Crippen LogP contribution is -2.48. The summed E-state index contributed by atoms with van der Waals surface area (Å²) in [6.07, 6.45) is 0. The molecule has 1 amide bonds. The molecule has 3 N–H and O–H groups in total. The third-order valence-electron chi connectivity index (χ3n) is 3.10. The van der Waals surface area contributed by atoms with E-state index in [1.54, 1.807) is 12.1 Å². The minimum Gasteiger partial charge on any atom is -0.434 e. The SMILES string of the molecule is Cc1ccc(OC(F)F)c(CNC(=O)[C@@H](N)C(C)(C)C)c1. The second-order valence-corrected chi connectivity index (χ2v) is 6.05. The standard InChI is InChI=1S/C15H22F2N2O2/c1-9-5-6-11(21-14(16)17)10(7-9)8-19-13(20)12(18)15(2,3)4/h5-7,12,14H,8,18H2,1-4H3,(H,19,20)/t12-/m1/s1. The van der Waals surface area contributed by atoms with Gasteiger partial charge in [-0.3, -0.25) is 4.79 Å². The molecule has 1 aromatic carbocycles. The Morgan fingerprint density at radius 3 is 2.52 bits per heavy atom.